The monoisotopic (exact) mass is 293 g/mol. The van der Waals surface area contributed by atoms with Gasteiger partial charge in [0.25, 0.3) is 0 Å². The van der Waals surface area contributed by atoms with Gasteiger partial charge in [-0.15, -0.1) is 0 Å². The van der Waals surface area contributed by atoms with E-state index in [9.17, 15) is 0 Å². The van der Waals surface area contributed by atoms with Crippen molar-refractivity contribution in [2.45, 2.75) is 52.7 Å². The van der Waals surface area contributed by atoms with Gasteiger partial charge in [-0.2, -0.15) is 0 Å². The first kappa shape index (κ1) is 16.5. The second-order valence-electron chi connectivity index (χ2n) is 6.25. The molecule has 1 N–H and O–H groups in total. The van der Waals surface area contributed by atoms with E-state index in [1.165, 1.54) is 25.1 Å². The van der Waals surface area contributed by atoms with Gasteiger partial charge in [-0.25, -0.2) is 0 Å². The fraction of sp³-hybridized carbons (Fsp3) is 0.765. The quantitative estimate of drug-likeness (QED) is 0.783. The molecule has 1 aromatic rings. The van der Waals surface area contributed by atoms with E-state index in [-0.39, 0.29) is 0 Å². The molecule has 1 aliphatic rings. The van der Waals surface area contributed by atoms with Crippen LogP contribution in [-0.4, -0.2) is 49.1 Å². The Morgan fingerprint density at radius 1 is 1.33 bits per heavy atom. The van der Waals surface area contributed by atoms with E-state index in [0.29, 0.717) is 6.04 Å². The van der Waals surface area contributed by atoms with E-state index >= 15 is 0 Å². The van der Waals surface area contributed by atoms with E-state index in [2.05, 4.69) is 49.0 Å². The van der Waals surface area contributed by atoms with E-state index in [4.69, 9.17) is 4.42 Å². The summed E-state index contributed by atoms with van der Waals surface area (Å²) in [5, 5.41) is 3.40. The molecule has 0 saturated carbocycles. The number of hydrogen-bond acceptors (Lipinski definition) is 4. The van der Waals surface area contributed by atoms with Gasteiger partial charge in [0.1, 0.15) is 11.5 Å². The Kier molecular flexibility index (Phi) is 6.27. The van der Waals surface area contributed by atoms with Crippen molar-refractivity contribution < 1.29 is 4.42 Å². The maximum absolute atomic E-state index is 5.88. The number of aryl methyl sites for hydroxylation is 1. The highest BCUT2D eigenvalue weighted by molar-refractivity contribution is 5.21. The normalized spacial score (nSPS) is 21.0. The molecule has 120 valence electrons. The van der Waals surface area contributed by atoms with Crippen molar-refractivity contribution in [3.63, 3.8) is 0 Å². The summed E-state index contributed by atoms with van der Waals surface area (Å²) in [7, 11) is 2.24. The van der Waals surface area contributed by atoms with Gasteiger partial charge in [0.15, 0.2) is 0 Å². The third kappa shape index (κ3) is 4.56. The molecule has 0 aliphatic carbocycles. The van der Waals surface area contributed by atoms with Crippen LogP contribution in [0.3, 0.4) is 0 Å². The lowest BCUT2D eigenvalue weighted by molar-refractivity contribution is 0.0880. The third-order valence-corrected chi connectivity index (χ3v) is 4.52. The zero-order valence-electron chi connectivity index (χ0n) is 14.1. The molecule has 2 heterocycles. The number of furan rings is 1. The van der Waals surface area contributed by atoms with E-state index in [1.54, 1.807) is 0 Å². The predicted octanol–water partition coefficient (Wildman–Crippen LogP) is 2.61. The molecule has 4 nitrogen and oxygen atoms in total. The van der Waals surface area contributed by atoms with Crippen molar-refractivity contribution in [2.24, 2.45) is 0 Å². The molecule has 4 heteroatoms. The van der Waals surface area contributed by atoms with Crippen molar-refractivity contribution >= 4 is 0 Å². The molecule has 0 bridgehead atoms. The molecule has 0 spiro atoms. The van der Waals surface area contributed by atoms with Crippen LogP contribution in [0.1, 0.15) is 43.8 Å². The smallest absolute Gasteiger partial charge is 0.118 e. The van der Waals surface area contributed by atoms with Gasteiger partial charge in [-0.05, 0) is 39.4 Å². The lowest BCUT2D eigenvalue weighted by Crippen LogP contribution is -2.50. The maximum Gasteiger partial charge on any atom is 0.118 e. The third-order valence-electron chi connectivity index (χ3n) is 4.52. The maximum atomic E-state index is 5.88. The highest BCUT2D eigenvalue weighted by Crippen LogP contribution is 2.19. The molecule has 1 fully saturated rings. The lowest BCUT2D eigenvalue weighted by atomic mass is 10.1. The van der Waals surface area contributed by atoms with Crippen LogP contribution in [0.2, 0.25) is 0 Å². The van der Waals surface area contributed by atoms with Gasteiger partial charge < -0.3 is 14.6 Å². The van der Waals surface area contributed by atoms with Crippen LogP contribution < -0.4 is 5.32 Å². The zero-order valence-corrected chi connectivity index (χ0v) is 14.1. The molecule has 1 saturated heterocycles. The average Bonchev–Trinajstić information content (AvgIpc) is 2.81. The number of piperazine rings is 1. The van der Waals surface area contributed by atoms with Gasteiger partial charge in [0.05, 0.1) is 6.54 Å². The largest absolute Gasteiger partial charge is 0.465 e. The van der Waals surface area contributed by atoms with E-state index in [0.717, 1.165) is 44.1 Å². The van der Waals surface area contributed by atoms with Crippen molar-refractivity contribution in [3.05, 3.63) is 23.2 Å². The average molecular weight is 293 g/mol. The van der Waals surface area contributed by atoms with Gasteiger partial charge in [-0.1, -0.05) is 13.8 Å². The summed E-state index contributed by atoms with van der Waals surface area (Å²) in [5.74, 6) is 2.15. The summed E-state index contributed by atoms with van der Waals surface area (Å²) >= 11 is 0. The van der Waals surface area contributed by atoms with Gasteiger partial charge in [0, 0.05) is 37.8 Å². The van der Waals surface area contributed by atoms with Crippen LogP contribution in [0.4, 0.5) is 0 Å². The summed E-state index contributed by atoms with van der Waals surface area (Å²) < 4.78 is 5.88. The molecule has 2 rings (SSSR count). The first-order valence-corrected chi connectivity index (χ1v) is 8.35. The minimum absolute atomic E-state index is 0.691. The zero-order chi connectivity index (χ0) is 15.2. The Hall–Kier alpha value is -0.840. The molecule has 21 heavy (non-hydrogen) atoms. The SMILES string of the molecule is CCCNCc1cc(CN2CCN(C)C(CC)C2)c(C)o1. The van der Waals surface area contributed by atoms with E-state index < -0.39 is 0 Å². The Morgan fingerprint density at radius 3 is 2.86 bits per heavy atom. The number of hydrogen-bond donors (Lipinski definition) is 1. The molecule has 1 atom stereocenters. The molecule has 1 aromatic heterocycles. The molecule has 1 aliphatic heterocycles. The first-order chi connectivity index (χ1) is 10.1. The summed E-state index contributed by atoms with van der Waals surface area (Å²) in [6, 6.07) is 2.92. The summed E-state index contributed by atoms with van der Waals surface area (Å²) in [5.41, 5.74) is 1.35. The number of nitrogens with one attached hydrogen (secondary N) is 1. The molecule has 0 amide bonds. The second-order valence-corrected chi connectivity index (χ2v) is 6.25. The molecule has 0 radical (unpaired) electrons. The topological polar surface area (TPSA) is 31.6 Å². The van der Waals surface area contributed by atoms with Crippen molar-refractivity contribution in [2.75, 3.05) is 33.2 Å². The van der Waals surface area contributed by atoms with Crippen LogP contribution in [-0.2, 0) is 13.1 Å². The lowest BCUT2D eigenvalue weighted by Gasteiger charge is -2.39. The van der Waals surface area contributed by atoms with Gasteiger partial charge >= 0.3 is 0 Å². The highest BCUT2D eigenvalue weighted by Gasteiger charge is 2.23. The Bertz CT molecular complexity index is 430. The summed E-state index contributed by atoms with van der Waals surface area (Å²) in [4.78, 5) is 5.05. The van der Waals surface area contributed by atoms with Crippen molar-refractivity contribution in [1.82, 2.24) is 15.1 Å². The highest BCUT2D eigenvalue weighted by atomic mass is 16.3. The summed E-state index contributed by atoms with van der Waals surface area (Å²) in [6.07, 6.45) is 2.38. The van der Waals surface area contributed by atoms with Crippen LogP contribution in [0, 0.1) is 6.92 Å². The minimum atomic E-state index is 0.691. The number of rotatable bonds is 7. The summed E-state index contributed by atoms with van der Waals surface area (Å²) in [6.45, 7) is 13.0. The van der Waals surface area contributed by atoms with Crippen LogP contribution in [0.25, 0.3) is 0 Å². The molecular formula is C17H31N3O. The Morgan fingerprint density at radius 2 is 2.14 bits per heavy atom. The van der Waals surface area contributed by atoms with Crippen LogP contribution in [0.15, 0.2) is 10.5 Å². The van der Waals surface area contributed by atoms with Crippen molar-refractivity contribution in [3.8, 4) is 0 Å². The first-order valence-electron chi connectivity index (χ1n) is 8.35. The van der Waals surface area contributed by atoms with Crippen molar-refractivity contribution in [1.29, 1.82) is 0 Å². The fourth-order valence-electron chi connectivity index (χ4n) is 3.06. The van der Waals surface area contributed by atoms with Gasteiger partial charge in [-0.3, -0.25) is 4.90 Å². The number of nitrogens with zero attached hydrogens (tertiary/aromatic N) is 2. The standard InChI is InChI=1S/C17H31N3O/c1-5-7-18-11-17-10-15(14(3)21-17)12-20-9-8-19(4)16(6-2)13-20/h10,16,18H,5-9,11-13H2,1-4H3. The number of likely N-dealkylation sites (N-methyl/N-ethyl adjacent to an activating group) is 1. The van der Waals surface area contributed by atoms with Crippen LogP contribution >= 0.6 is 0 Å². The van der Waals surface area contributed by atoms with Gasteiger partial charge in [0.2, 0.25) is 0 Å². The predicted molar refractivity (Wildman–Crippen MR) is 87.4 cm³/mol. The van der Waals surface area contributed by atoms with E-state index in [1.807, 2.05) is 0 Å². The Balaban J connectivity index is 1.90. The van der Waals surface area contributed by atoms with Crippen LogP contribution in [0.5, 0.6) is 0 Å². The Labute approximate surface area is 129 Å². The molecule has 1 unspecified atom stereocenters. The second kappa shape index (κ2) is 7.97. The minimum Gasteiger partial charge on any atom is -0.465 e. The fourth-order valence-corrected chi connectivity index (χ4v) is 3.06. The molecular weight excluding hydrogens is 262 g/mol. The molecule has 0 aromatic carbocycles.